The Morgan fingerprint density at radius 2 is 2.08 bits per heavy atom. The number of aromatic carboxylic acids is 1. The number of carbonyl (C=O) groups is 1. The molecule has 0 fully saturated rings. The third-order valence-corrected chi connectivity index (χ3v) is 4.73. The minimum absolute atomic E-state index is 0.0200. The maximum absolute atomic E-state index is 12.4. The second kappa shape index (κ2) is 7.04. The SMILES string of the molecule is Cc1c(C(=O)[O-])sc2nc(/C=C/c3ccccc3OC(F)F)[nH]c(=O)c12. The van der Waals surface area contributed by atoms with Crippen LogP contribution in [0.3, 0.4) is 0 Å². The van der Waals surface area contributed by atoms with Gasteiger partial charge in [-0.1, -0.05) is 18.2 Å². The fourth-order valence-corrected chi connectivity index (χ4v) is 3.45. The second-order valence-corrected chi connectivity index (χ2v) is 6.22. The van der Waals surface area contributed by atoms with E-state index in [9.17, 15) is 23.5 Å². The molecule has 0 radical (unpaired) electrons. The van der Waals surface area contributed by atoms with Gasteiger partial charge in [0.2, 0.25) is 0 Å². The number of nitrogens with zero attached hydrogens (tertiary/aromatic N) is 1. The van der Waals surface area contributed by atoms with Gasteiger partial charge in [-0.15, -0.1) is 11.3 Å². The predicted octanol–water partition coefficient (Wildman–Crippen LogP) is 2.43. The molecule has 0 aliphatic heterocycles. The number of nitrogens with one attached hydrogen (secondary N) is 1. The van der Waals surface area contributed by atoms with Crippen LogP contribution in [0.4, 0.5) is 8.78 Å². The molecular weight excluding hydrogens is 366 g/mol. The van der Waals surface area contributed by atoms with Crippen molar-refractivity contribution in [2.24, 2.45) is 0 Å². The molecule has 26 heavy (non-hydrogen) atoms. The summed E-state index contributed by atoms with van der Waals surface area (Å²) in [6.45, 7) is -1.45. The first-order chi connectivity index (χ1) is 12.4. The van der Waals surface area contributed by atoms with Gasteiger partial charge in [0.1, 0.15) is 16.4 Å². The Balaban J connectivity index is 2.01. The van der Waals surface area contributed by atoms with Crippen LogP contribution in [0.15, 0.2) is 29.1 Å². The summed E-state index contributed by atoms with van der Waals surface area (Å²) in [7, 11) is 0. The van der Waals surface area contributed by atoms with Gasteiger partial charge in [-0.25, -0.2) is 4.98 Å². The monoisotopic (exact) mass is 377 g/mol. The second-order valence-electron chi connectivity index (χ2n) is 5.22. The summed E-state index contributed by atoms with van der Waals surface area (Å²) < 4.78 is 29.3. The number of thiophene rings is 1. The molecule has 134 valence electrons. The molecule has 9 heteroatoms. The summed E-state index contributed by atoms with van der Waals surface area (Å²) in [6, 6.07) is 6.15. The lowest BCUT2D eigenvalue weighted by atomic mass is 10.2. The number of H-pyrrole nitrogens is 1. The first-order valence-electron chi connectivity index (χ1n) is 7.33. The van der Waals surface area contributed by atoms with Gasteiger partial charge in [0.05, 0.1) is 16.2 Å². The van der Waals surface area contributed by atoms with E-state index in [1.807, 2.05) is 0 Å². The van der Waals surface area contributed by atoms with Crippen LogP contribution in [0.25, 0.3) is 22.4 Å². The van der Waals surface area contributed by atoms with E-state index in [0.29, 0.717) is 11.1 Å². The number of benzene rings is 1. The number of carbonyl (C=O) groups excluding carboxylic acids is 1. The van der Waals surface area contributed by atoms with E-state index in [4.69, 9.17) is 0 Å². The quantitative estimate of drug-likeness (QED) is 0.737. The third-order valence-electron chi connectivity index (χ3n) is 3.56. The van der Waals surface area contributed by atoms with Gasteiger partial charge in [-0.3, -0.25) is 4.79 Å². The molecule has 0 atom stereocenters. The van der Waals surface area contributed by atoms with Crippen LogP contribution in [0.5, 0.6) is 5.75 Å². The molecule has 2 aromatic heterocycles. The van der Waals surface area contributed by atoms with Crippen LogP contribution in [0.2, 0.25) is 0 Å². The molecule has 0 bridgehead atoms. The summed E-state index contributed by atoms with van der Waals surface area (Å²) >= 11 is 0.843. The van der Waals surface area contributed by atoms with Crippen molar-refractivity contribution >= 4 is 39.7 Å². The normalized spacial score (nSPS) is 11.5. The minimum Gasteiger partial charge on any atom is -0.544 e. The van der Waals surface area contributed by atoms with Gasteiger partial charge in [0.15, 0.2) is 0 Å². The Bertz CT molecular complexity index is 1070. The highest BCUT2D eigenvalue weighted by atomic mass is 32.1. The van der Waals surface area contributed by atoms with Crippen molar-refractivity contribution < 1.29 is 23.4 Å². The Morgan fingerprint density at radius 1 is 1.35 bits per heavy atom. The van der Waals surface area contributed by atoms with E-state index in [0.717, 1.165) is 11.3 Å². The lowest BCUT2D eigenvalue weighted by molar-refractivity contribution is -0.254. The zero-order chi connectivity index (χ0) is 18.8. The maximum atomic E-state index is 12.4. The molecule has 6 nitrogen and oxygen atoms in total. The molecule has 0 unspecified atom stereocenters. The Morgan fingerprint density at radius 3 is 2.77 bits per heavy atom. The molecule has 0 amide bonds. The molecule has 2 heterocycles. The van der Waals surface area contributed by atoms with Crippen LogP contribution >= 0.6 is 11.3 Å². The van der Waals surface area contributed by atoms with Crippen molar-refractivity contribution in [3.63, 3.8) is 0 Å². The molecule has 1 N–H and O–H groups in total. The molecule has 0 spiro atoms. The lowest BCUT2D eigenvalue weighted by Crippen LogP contribution is -2.21. The molecule has 3 rings (SSSR count). The number of alkyl halides is 2. The van der Waals surface area contributed by atoms with E-state index in [2.05, 4.69) is 14.7 Å². The number of carboxylic acid groups (broad SMARTS) is 1. The molecular formula is C17H11F2N2O4S-. The van der Waals surface area contributed by atoms with Crippen molar-refractivity contribution in [2.45, 2.75) is 13.5 Å². The maximum Gasteiger partial charge on any atom is 0.387 e. The smallest absolute Gasteiger partial charge is 0.387 e. The number of aryl methyl sites for hydroxylation is 1. The highest BCUT2D eigenvalue weighted by Gasteiger charge is 2.14. The van der Waals surface area contributed by atoms with Gasteiger partial charge in [-0.05, 0) is 30.7 Å². The van der Waals surface area contributed by atoms with Gasteiger partial charge in [-0.2, -0.15) is 8.78 Å². The van der Waals surface area contributed by atoms with E-state index in [1.165, 1.54) is 25.1 Å². The molecule has 3 aromatic rings. The van der Waals surface area contributed by atoms with Crippen molar-refractivity contribution in [1.82, 2.24) is 9.97 Å². The number of hydrogen-bond acceptors (Lipinski definition) is 6. The summed E-state index contributed by atoms with van der Waals surface area (Å²) in [5, 5.41) is 11.3. The van der Waals surface area contributed by atoms with Crippen molar-refractivity contribution in [2.75, 3.05) is 0 Å². The fraction of sp³-hybridized carbons (Fsp3) is 0.118. The largest absolute Gasteiger partial charge is 0.544 e. The Kier molecular flexibility index (Phi) is 4.81. The summed E-state index contributed by atoms with van der Waals surface area (Å²) in [4.78, 5) is 30.2. The van der Waals surface area contributed by atoms with Gasteiger partial charge >= 0.3 is 6.61 Å². The van der Waals surface area contributed by atoms with Crippen LogP contribution in [0, 0.1) is 6.92 Å². The number of ether oxygens (including phenoxy) is 1. The van der Waals surface area contributed by atoms with E-state index < -0.39 is 18.1 Å². The standard InChI is InChI=1S/C17H12F2N2O4S/c1-8-12-14(22)20-11(21-15(12)26-13(8)16(23)24)7-6-9-4-2-3-5-10(9)25-17(18)19/h2-7,17H,1H3,(H,23,24)(H,20,21,22)/p-1/b7-6+. The molecule has 0 saturated heterocycles. The van der Waals surface area contributed by atoms with Gasteiger partial charge < -0.3 is 19.6 Å². The molecule has 0 aliphatic rings. The summed E-state index contributed by atoms with van der Waals surface area (Å²) in [6.07, 6.45) is 2.88. The summed E-state index contributed by atoms with van der Waals surface area (Å²) in [5.74, 6) is -1.24. The highest BCUT2D eigenvalue weighted by molar-refractivity contribution is 7.20. The van der Waals surface area contributed by atoms with Crippen molar-refractivity contribution in [3.05, 3.63) is 56.4 Å². The number of fused-ring (bicyclic) bond motifs is 1. The third kappa shape index (κ3) is 3.47. The number of aromatic amines is 1. The average Bonchev–Trinajstić information content (AvgIpc) is 2.91. The van der Waals surface area contributed by atoms with Crippen LogP contribution < -0.4 is 15.4 Å². The van der Waals surface area contributed by atoms with E-state index in [1.54, 1.807) is 18.2 Å². The average molecular weight is 377 g/mol. The molecule has 0 aliphatic carbocycles. The minimum atomic E-state index is -2.96. The van der Waals surface area contributed by atoms with Gasteiger partial charge in [0.25, 0.3) is 5.56 Å². The van der Waals surface area contributed by atoms with Crippen LogP contribution in [-0.4, -0.2) is 22.5 Å². The van der Waals surface area contributed by atoms with E-state index >= 15 is 0 Å². The number of halogens is 2. The first kappa shape index (κ1) is 17.7. The number of aromatic nitrogens is 2. The predicted molar refractivity (Wildman–Crippen MR) is 91.3 cm³/mol. The number of para-hydroxylation sites is 1. The lowest BCUT2D eigenvalue weighted by Gasteiger charge is -2.07. The number of hydrogen-bond donors (Lipinski definition) is 1. The van der Waals surface area contributed by atoms with Crippen LogP contribution in [0.1, 0.15) is 26.6 Å². The zero-order valence-corrected chi connectivity index (χ0v) is 14.1. The molecule has 1 aromatic carbocycles. The van der Waals surface area contributed by atoms with Crippen molar-refractivity contribution in [1.29, 1.82) is 0 Å². The molecule has 0 saturated carbocycles. The fourth-order valence-electron chi connectivity index (χ4n) is 2.42. The van der Waals surface area contributed by atoms with Crippen molar-refractivity contribution in [3.8, 4) is 5.75 Å². The van der Waals surface area contributed by atoms with Crippen LogP contribution in [-0.2, 0) is 0 Å². The highest BCUT2D eigenvalue weighted by Crippen LogP contribution is 2.27. The van der Waals surface area contributed by atoms with E-state index in [-0.39, 0.29) is 26.7 Å². The van der Waals surface area contributed by atoms with Gasteiger partial charge in [0, 0.05) is 5.56 Å². The Hall–Kier alpha value is -3.07. The topological polar surface area (TPSA) is 95.1 Å². The summed E-state index contributed by atoms with van der Waals surface area (Å²) in [5.41, 5.74) is 0.173. The number of rotatable bonds is 5. The Labute approximate surface area is 149 Å². The zero-order valence-electron chi connectivity index (χ0n) is 13.3. The number of carboxylic acids is 1. The first-order valence-corrected chi connectivity index (χ1v) is 8.15.